The molecule has 0 aliphatic carbocycles. The lowest BCUT2D eigenvalue weighted by atomic mass is 9.81. The number of rotatable bonds is 17. The Morgan fingerprint density at radius 1 is 0.720 bits per heavy atom. The van der Waals surface area contributed by atoms with Gasteiger partial charge in [0.05, 0.1) is 67.0 Å². The van der Waals surface area contributed by atoms with Crippen molar-refractivity contribution < 1.29 is 67.5 Å². The first-order valence-corrected chi connectivity index (χ1v) is 27.6. The van der Waals surface area contributed by atoms with Gasteiger partial charge in [-0.25, -0.2) is 13.4 Å². The topological polar surface area (TPSA) is 211 Å². The molecule has 82 heavy (non-hydrogen) atoms. The number of para-hydroxylation sites is 1. The van der Waals surface area contributed by atoms with E-state index in [1.807, 2.05) is 0 Å². The standard InChI is InChI=1S/C28H36ClN5O3S.C22H30N2O2.C15H24N2O/c1-17(2)37-25-15-21(20-10-12-30-13-11-20)19(5)14-24(25)33-28-31-16-22(29)27(34-28)32-23-8-6-7-9-26(23)38(35,36)18(3)4;1-16(2)26-21-14-19(17(3)13-20(21)23)22(25)9-11-24(12-10-22)15-18-7-5-4-6-8-18;1-10(2)18-15-9-13(11(3)8-14(15)16)12-4-6-17-7-5-12/h6-9,14-18,20,30H,10-13H2,1-5H3,(H2,31,32,33,34);4-8,13-14,16,25H,9-12,15,23H2,1-3H3;8-10,12,17H,4-7,16H2,1-3H3/i10D2,11D2,12D2,13D2,17D,20D;9D2,10D2,11D2,12D2,16D;4D2,5D2,6D2,7D2,10D,12D. The van der Waals surface area contributed by atoms with Crippen molar-refractivity contribution in [3.63, 3.8) is 0 Å². The number of aromatic nitrogens is 2. The van der Waals surface area contributed by atoms with Gasteiger partial charge >= 0.3 is 0 Å². The van der Waals surface area contributed by atoms with Crippen molar-refractivity contribution in [3.05, 3.63) is 141 Å². The third-order valence-corrected chi connectivity index (χ3v) is 14.4. The predicted octanol–water partition coefficient (Wildman–Crippen LogP) is 13.0. The number of sulfone groups is 1. The molecule has 0 amide bonds. The first-order valence-electron chi connectivity index (χ1n) is 40.2. The maximum atomic E-state index is 13.0. The van der Waals surface area contributed by atoms with Gasteiger partial charge in [-0.15, -0.1) is 0 Å². The maximum Gasteiger partial charge on any atom is 0.229 e. The van der Waals surface area contributed by atoms with Crippen molar-refractivity contribution >= 4 is 56.0 Å². The summed E-state index contributed by atoms with van der Waals surface area (Å²) in [6, 6.07) is 21.6. The molecule has 3 aliphatic heterocycles. The van der Waals surface area contributed by atoms with Crippen molar-refractivity contribution in [3.8, 4) is 17.2 Å². The average Bonchev–Trinajstić information content (AvgIpc) is 0.674. The fraction of sp³-hybridized carbons (Fsp3) is 0.477. The van der Waals surface area contributed by atoms with Crippen LogP contribution >= 0.6 is 11.6 Å². The van der Waals surface area contributed by atoms with Crippen molar-refractivity contribution in [1.29, 1.82) is 0 Å². The molecule has 3 aliphatic rings. The SMILES string of the molecule is [2H]C(C)(C)Oc1cc(C2(O)C([2H])([2H])C([2H])([2H])N(Cc3ccccc3)C([2H])([2H])C2([2H])[2H])c(C)cc1N.[2H]C(C)(C)Oc1cc(C2([2H])C([2H])([2H])C([2H])([2H])NC([2H])([2H])C2([2H])[2H])c(C)cc1N.[2H]C(C)(C)Oc1cc(C2([2H])C([2H])([2H])C([2H])([2H])NC([2H])([2H])C2([2H])[2H])c(C)cc1Nc1ncc(Cl)c(Nc2ccccc2S(=O)(=O)C(C)C)n1. The number of halogens is 1. The molecule has 0 saturated carbocycles. The maximum absolute atomic E-state index is 13.0. The fourth-order valence-electron chi connectivity index (χ4n) is 8.00. The molecule has 0 radical (unpaired) electrons. The van der Waals surface area contributed by atoms with Crippen LogP contribution in [0.1, 0.15) is 184 Å². The van der Waals surface area contributed by atoms with Gasteiger partial charge in [-0.1, -0.05) is 54.1 Å². The first kappa shape index (κ1) is 34.6. The van der Waals surface area contributed by atoms with Crippen molar-refractivity contribution in [2.75, 3.05) is 61.1 Å². The number of nitrogen functional groups attached to an aromatic ring is 2. The Labute approximate surface area is 534 Å². The zero-order chi connectivity index (χ0) is 85.4. The number of ether oxygens (including phenoxy) is 3. The number of nitrogens with two attached hydrogens (primary N) is 2. The zero-order valence-electron chi connectivity index (χ0n) is 76.3. The van der Waals surface area contributed by atoms with E-state index in [-0.39, 0.29) is 83.9 Å². The summed E-state index contributed by atoms with van der Waals surface area (Å²) >= 11 is 6.37. The normalized spacial score (nSPS) is 29.8. The Hall–Kier alpha value is -6.14. The number of nitrogens with one attached hydrogen (secondary N) is 4. The molecule has 6 aromatic rings. The number of anilines is 6. The zero-order valence-corrected chi connectivity index (χ0v) is 48.9. The molecule has 0 bridgehead atoms. The summed E-state index contributed by atoms with van der Waals surface area (Å²) in [5, 5.41) is 20.5. The molecule has 3 saturated heterocycles. The molecule has 4 heterocycles. The van der Waals surface area contributed by atoms with E-state index in [0.717, 1.165) is 18.2 Å². The van der Waals surface area contributed by atoms with Crippen LogP contribution in [0.25, 0.3) is 0 Å². The van der Waals surface area contributed by atoms with Gasteiger partial charge < -0.3 is 52.1 Å². The van der Waals surface area contributed by atoms with E-state index >= 15 is 0 Å². The van der Waals surface area contributed by atoms with Crippen molar-refractivity contribution in [2.24, 2.45) is 0 Å². The fourth-order valence-corrected chi connectivity index (χ4v) is 9.34. The highest BCUT2D eigenvalue weighted by Crippen LogP contribution is 2.41. The van der Waals surface area contributed by atoms with Crippen LogP contribution in [-0.4, -0.2) is 90.9 Å². The van der Waals surface area contributed by atoms with E-state index in [1.165, 1.54) is 92.8 Å². The molecule has 5 aromatic carbocycles. The van der Waals surface area contributed by atoms with Gasteiger partial charge in [-0.3, -0.25) is 4.90 Å². The lowest BCUT2D eigenvalue weighted by Crippen LogP contribution is -2.42. The lowest BCUT2D eigenvalue weighted by Gasteiger charge is -2.39. The third-order valence-electron chi connectivity index (χ3n) is 11.9. The second-order valence-corrected chi connectivity index (χ2v) is 22.5. The van der Waals surface area contributed by atoms with Gasteiger partial charge in [-0.2, -0.15) is 4.98 Å². The number of nitrogens with zero attached hydrogens (tertiary/aromatic N) is 3. The van der Waals surface area contributed by atoms with Crippen LogP contribution in [0.4, 0.5) is 34.5 Å². The second kappa shape index (κ2) is 28.9. The summed E-state index contributed by atoms with van der Waals surface area (Å²) in [5.41, 5.74) is 8.60. The third kappa shape index (κ3) is 17.0. The van der Waals surface area contributed by atoms with Crippen LogP contribution < -0.4 is 46.9 Å². The minimum Gasteiger partial charge on any atom is -0.489 e. The molecule has 444 valence electrons. The lowest BCUT2D eigenvalue weighted by molar-refractivity contribution is -0.0283. The predicted molar refractivity (Wildman–Crippen MR) is 337 cm³/mol. The van der Waals surface area contributed by atoms with E-state index in [2.05, 4.69) is 20.6 Å². The Bertz CT molecular complexity index is 4520. The van der Waals surface area contributed by atoms with E-state index in [0.29, 0.717) is 10.5 Å². The number of hydrogen-bond donors (Lipinski definition) is 7. The summed E-state index contributed by atoms with van der Waals surface area (Å²) in [6.45, 7) is -3.45. The quantitative estimate of drug-likeness (QED) is 0.0424. The van der Waals surface area contributed by atoms with E-state index in [4.69, 9.17) is 75.7 Å². The second-order valence-electron chi connectivity index (χ2n) is 19.6. The van der Waals surface area contributed by atoms with Crippen LogP contribution in [0.2, 0.25) is 5.02 Å². The summed E-state index contributed by atoms with van der Waals surface area (Å²) in [6.07, 6.45) is -23.1. The van der Waals surface area contributed by atoms with Crippen molar-refractivity contribution in [1.82, 2.24) is 25.5 Å². The number of benzene rings is 5. The molecule has 0 spiro atoms. The first-order chi connectivity index (χ1) is 49.6. The summed E-state index contributed by atoms with van der Waals surface area (Å²) in [7, 11) is -3.70. The molecule has 1 aromatic heterocycles. The highest BCUT2D eigenvalue weighted by atomic mass is 35.5. The van der Waals surface area contributed by atoms with Gasteiger partial charge in [0.15, 0.2) is 15.7 Å². The van der Waals surface area contributed by atoms with Crippen LogP contribution in [0.5, 0.6) is 17.2 Å². The molecule has 0 atom stereocenters. The van der Waals surface area contributed by atoms with Gasteiger partial charge in [0, 0.05) is 55.2 Å². The molecule has 9 N–H and O–H groups in total. The molecular weight excluding hydrogens is 1070 g/mol. The van der Waals surface area contributed by atoms with E-state index < -0.39 is 146 Å². The van der Waals surface area contributed by atoms with Gasteiger partial charge in [-0.05, 0) is 240 Å². The number of hydrogen-bond acceptors (Lipinski definition) is 15. The van der Waals surface area contributed by atoms with Crippen LogP contribution in [-0.2, 0) is 22.0 Å². The number of aliphatic hydroxyl groups is 1. The van der Waals surface area contributed by atoms with Crippen molar-refractivity contribution in [2.45, 2.75) is 167 Å². The number of aryl methyl sites for hydroxylation is 3. The van der Waals surface area contributed by atoms with E-state index in [9.17, 15) is 14.9 Å². The summed E-state index contributed by atoms with van der Waals surface area (Å²) in [5.74, 6) is -6.69. The van der Waals surface area contributed by atoms with Gasteiger partial charge in [0.2, 0.25) is 5.95 Å². The number of likely N-dealkylation sites (tertiary alicyclic amines) is 1. The molecular formula is C65H90ClN9O6S. The van der Waals surface area contributed by atoms with Crippen LogP contribution in [0.15, 0.2) is 102 Å². The number of piperidine rings is 3. The monoisotopic (exact) mass is 1190 g/mol. The molecule has 9 rings (SSSR count). The smallest absolute Gasteiger partial charge is 0.229 e. The van der Waals surface area contributed by atoms with Crippen LogP contribution in [0, 0.1) is 20.8 Å². The highest BCUT2D eigenvalue weighted by molar-refractivity contribution is 7.92. The Morgan fingerprint density at radius 3 is 1.78 bits per heavy atom. The summed E-state index contributed by atoms with van der Waals surface area (Å²) in [4.78, 5) is 9.05. The largest absolute Gasteiger partial charge is 0.489 e. The highest BCUT2D eigenvalue weighted by Gasteiger charge is 2.36. The Kier molecular flexibility index (Phi) is 12.2. The minimum absolute atomic E-state index is 0.0273. The molecule has 15 nitrogen and oxygen atoms in total. The van der Waals surface area contributed by atoms with Gasteiger partial charge in [0.25, 0.3) is 0 Å². The molecule has 17 heteroatoms. The van der Waals surface area contributed by atoms with Crippen LogP contribution in [0.3, 0.4) is 0 Å². The van der Waals surface area contributed by atoms with Gasteiger partial charge in [0.1, 0.15) is 22.3 Å². The molecule has 3 fully saturated rings. The minimum atomic E-state index is -3.70. The Morgan fingerprint density at radius 2 is 1.22 bits per heavy atom. The average molecular weight is 1190 g/mol. The Balaban J connectivity index is 0.000000241. The molecule has 0 unspecified atom stereocenters. The van der Waals surface area contributed by atoms with E-state index in [1.54, 1.807) is 73.0 Å². The summed E-state index contributed by atoms with van der Waals surface area (Å²) < 4.78 is 287.